The number of hydrogen-bond donors (Lipinski definition) is 2. The molecule has 0 spiro atoms. The molecule has 2 unspecified atom stereocenters. The van der Waals surface area contributed by atoms with Crippen molar-refractivity contribution in [1.82, 2.24) is 0 Å². The van der Waals surface area contributed by atoms with Gasteiger partial charge < -0.3 is 24.4 Å². The zero-order valence-electron chi connectivity index (χ0n) is 35.2. The molecule has 1 heterocycles. The van der Waals surface area contributed by atoms with Crippen molar-refractivity contribution in [3.05, 3.63) is 53.3 Å². The number of rotatable bonds is 32. The second-order valence-corrected chi connectivity index (χ2v) is 16.0. The quantitative estimate of drug-likeness (QED) is 0.0556. The molecule has 0 saturated heterocycles. The molecule has 3 rings (SSSR count). The Morgan fingerprint density at radius 2 is 1.09 bits per heavy atom. The van der Waals surface area contributed by atoms with Gasteiger partial charge in [0.15, 0.2) is 17.3 Å². The molecule has 55 heavy (non-hydrogen) atoms. The Balaban J connectivity index is 1.58. The van der Waals surface area contributed by atoms with Gasteiger partial charge in [-0.1, -0.05) is 147 Å². The number of fused-ring (bicyclic) bond motifs is 3. The van der Waals surface area contributed by atoms with Crippen LogP contribution in [-0.2, 0) is 26.2 Å². The number of unbranched alkanes of at least 4 members (excludes halogenated alkanes) is 22. The fraction of sp³-hybridized carbons (Fsp3) is 0.708. The molecule has 1 aliphatic heterocycles. The number of ether oxygens (including phenoxy) is 3. The molecule has 7 heteroatoms. The van der Waals surface area contributed by atoms with Gasteiger partial charge in [-0.05, 0) is 70.6 Å². The Bertz CT molecular complexity index is 1380. The van der Waals surface area contributed by atoms with Gasteiger partial charge in [0, 0.05) is 23.3 Å². The maximum Gasteiger partial charge on any atom is 0.289 e. The lowest BCUT2D eigenvalue weighted by atomic mass is 9.62. The Hall–Kier alpha value is -3.06. The minimum absolute atomic E-state index is 0.0630. The predicted molar refractivity (Wildman–Crippen MR) is 225 cm³/mol. The van der Waals surface area contributed by atoms with Crippen molar-refractivity contribution in [2.45, 2.75) is 205 Å². The molecule has 1 aromatic rings. The normalized spacial score (nSPS) is 19.3. The summed E-state index contributed by atoms with van der Waals surface area (Å²) >= 11 is 0. The van der Waals surface area contributed by atoms with Crippen molar-refractivity contribution in [2.24, 2.45) is 0 Å². The topological polar surface area (TPSA) is 102 Å². The number of phenolic OH excluding ortho intramolecular Hbond substituents is 1. The summed E-state index contributed by atoms with van der Waals surface area (Å²) in [5.41, 5.74) is -0.794. The van der Waals surface area contributed by atoms with Crippen LogP contribution in [0.2, 0.25) is 0 Å². The lowest BCUT2D eigenvalue weighted by Crippen LogP contribution is -2.63. The first-order valence-electron chi connectivity index (χ1n) is 22.3. The summed E-state index contributed by atoms with van der Waals surface area (Å²) in [7, 11) is 2.84. The third kappa shape index (κ3) is 13.3. The van der Waals surface area contributed by atoms with Gasteiger partial charge in [0.1, 0.15) is 11.2 Å². The minimum Gasteiger partial charge on any atom is -0.504 e. The van der Waals surface area contributed by atoms with E-state index in [2.05, 4.69) is 38.2 Å². The Labute approximate surface area is 334 Å². The molecule has 2 atom stereocenters. The molecule has 0 saturated carbocycles. The number of carbonyl (C=O) groups is 2. The molecule has 310 valence electrons. The molecule has 2 aliphatic rings. The predicted octanol–water partition coefficient (Wildman–Crippen LogP) is 12.6. The number of carbonyl (C=O) groups excluding carboxylic acids is 2. The molecule has 7 nitrogen and oxygen atoms in total. The summed E-state index contributed by atoms with van der Waals surface area (Å²) in [6.07, 6.45) is 41.0. The SMILES string of the molecule is CCCCCC/C=C\CCCCCCCCCc1c(O)c(OC)cc2c1C1(CCCCCCCCC/C=C\CCCCCC)C(=O)C(OC)=CC(=O)C1(O)O2. The van der Waals surface area contributed by atoms with Crippen molar-refractivity contribution < 1.29 is 34.0 Å². The number of benzene rings is 1. The Morgan fingerprint density at radius 3 is 1.56 bits per heavy atom. The van der Waals surface area contributed by atoms with Crippen LogP contribution in [0.3, 0.4) is 0 Å². The molecular formula is C48H76O7. The smallest absolute Gasteiger partial charge is 0.289 e. The second-order valence-electron chi connectivity index (χ2n) is 16.0. The third-order valence-corrected chi connectivity index (χ3v) is 11.7. The van der Waals surface area contributed by atoms with Crippen LogP contribution in [0.1, 0.15) is 198 Å². The molecule has 1 aromatic carbocycles. The summed E-state index contributed by atoms with van der Waals surface area (Å²) in [6.45, 7) is 4.49. The fourth-order valence-electron chi connectivity index (χ4n) is 8.45. The van der Waals surface area contributed by atoms with Gasteiger partial charge in [0.25, 0.3) is 5.79 Å². The maximum atomic E-state index is 14.4. The van der Waals surface area contributed by atoms with Crippen molar-refractivity contribution in [2.75, 3.05) is 14.2 Å². The minimum atomic E-state index is -2.42. The number of allylic oxidation sites excluding steroid dienone is 5. The first-order chi connectivity index (χ1) is 26.8. The van der Waals surface area contributed by atoms with E-state index in [4.69, 9.17) is 14.2 Å². The zero-order chi connectivity index (χ0) is 39.8. The standard InChI is InChI=1S/C48H76O7/c1-5-7-9-11-13-15-17-19-21-23-25-27-29-31-33-35-39-44-40(37-41(53-3)45(39)50)55-48(52)43(49)38-42(54-4)46(51)47(44,48)36-34-32-30-28-26-24-22-20-18-16-14-12-10-8-6-2/h15-18,37-38,50,52H,5-14,19-36H2,1-4H3/b17-15-,18-16-. The molecule has 0 fully saturated rings. The van der Waals surface area contributed by atoms with Crippen LogP contribution in [0.15, 0.2) is 42.2 Å². The van der Waals surface area contributed by atoms with Gasteiger partial charge in [-0.15, -0.1) is 0 Å². The Morgan fingerprint density at radius 1 is 0.636 bits per heavy atom. The van der Waals surface area contributed by atoms with Gasteiger partial charge in [0.2, 0.25) is 11.6 Å². The average Bonchev–Trinajstić information content (AvgIpc) is 3.45. The van der Waals surface area contributed by atoms with E-state index in [1.165, 1.54) is 117 Å². The highest BCUT2D eigenvalue weighted by molar-refractivity contribution is 6.18. The summed E-state index contributed by atoms with van der Waals surface area (Å²) < 4.78 is 17.0. The van der Waals surface area contributed by atoms with E-state index >= 15 is 0 Å². The van der Waals surface area contributed by atoms with Crippen molar-refractivity contribution in [3.8, 4) is 17.2 Å². The van der Waals surface area contributed by atoms with Crippen LogP contribution in [0.4, 0.5) is 0 Å². The van der Waals surface area contributed by atoms with E-state index in [0.29, 0.717) is 24.0 Å². The number of methoxy groups -OCH3 is 2. The highest BCUT2D eigenvalue weighted by Gasteiger charge is 2.71. The van der Waals surface area contributed by atoms with E-state index in [9.17, 15) is 19.8 Å². The third-order valence-electron chi connectivity index (χ3n) is 11.7. The molecule has 0 amide bonds. The second kappa shape index (κ2) is 26.0. The van der Waals surface area contributed by atoms with Gasteiger partial charge in [-0.2, -0.15) is 0 Å². The van der Waals surface area contributed by atoms with Crippen LogP contribution in [0, 0.1) is 0 Å². The molecular weight excluding hydrogens is 689 g/mol. The summed E-state index contributed by atoms with van der Waals surface area (Å²) in [4.78, 5) is 28.0. The van der Waals surface area contributed by atoms with Crippen molar-refractivity contribution in [3.63, 3.8) is 0 Å². The lowest BCUT2D eigenvalue weighted by molar-refractivity contribution is -0.190. The van der Waals surface area contributed by atoms with E-state index in [1.807, 2.05) is 0 Å². The van der Waals surface area contributed by atoms with Crippen LogP contribution < -0.4 is 9.47 Å². The number of hydrogen-bond acceptors (Lipinski definition) is 7. The number of aromatic hydroxyl groups is 1. The summed E-state index contributed by atoms with van der Waals surface area (Å²) in [5, 5.41) is 23.6. The molecule has 2 N–H and O–H groups in total. The molecule has 0 bridgehead atoms. The first-order valence-corrected chi connectivity index (χ1v) is 22.3. The zero-order valence-corrected chi connectivity index (χ0v) is 35.2. The van der Waals surface area contributed by atoms with Gasteiger partial charge in [-0.25, -0.2) is 0 Å². The average molecular weight is 765 g/mol. The van der Waals surface area contributed by atoms with Crippen LogP contribution in [0.25, 0.3) is 0 Å². The van der Waals surface area contributed by atoms with Crippen molar-refractivity contribution >= 4 is 11.6 Å². The fourth-order valence-corrected chi connectivity index (χ4v) is 8.45. The number of ketones is 2. The molecule has 1 aliphatic carbocycles. The lowest BCUT2D eigenvalue weighted by Gasteiger charge is -2.41. The van der Waals surface area contributed by atoms with E-state index in [0.717, 1.165) is 70.3 Å². The summed E-state index contributed by atoms with van der Waals surface area (Å²) in [5.74, 6) is -3.37. The monoisotopic (exact) mass is 765 g/mol. The summed E-state index contributed by atoms with van der Waals surface area (Å²) in [6, 6.07) is 1.50. The number of Topliss-reactive ketones (excluding diaryl/α,β-unsaturated/α-hetero) is 1. The van der Waals surface area contributed by atoms with Gasteiger partial charge in [-0.3, -0.25) is 9.59 Å². The Kier molecular flexibility index (Phi) is 21.9. The largest absolute Gasteiger partial charge is 0.504 e. The van der Waals surface area contributed by atoms with Crippen LogP contribution >= 0.6 is 0 Å². The first kappa shape index (κ1) is 46.3. The highest BCUT2D eigenvalue weighted by Crippen LogP contribution is 2.59. The number of aliphatic hydroxyl groups is 1. The highest BCUT2D eigenvalue weighted by atomic mass is 16.6. The molecule has 0 aromatic heterocycles. The van der Waals surface area contributed by atoms with Crippen LogP contribution in [0.5, 0.6) is 17.2 Å². The number of phenols is 1. The molecule has 0 radical (unpaired) electrons. The van der Waals surface area contributed by atoms with Crippen LogP contribution in [-0.4, -0.2) is 41.8 Å². The maximum absolute atomic E-state index is 14.4. The van der Waals surface area contributed by atoms with Gasteiger partial charge >= 0.3 is 0 Å². The van der Waals surface area contributed by atoms with Gasteiger partial charge in [0.05, 0.1) is 14.2 Å². The van der Waals surface area contributed by atoms with E-state index < -0.39 is 22.8 Å². The van der Waals surface area contributed by atoms with E-state index in [-0.39, 0.29) is 29.4 Å². The van der Waals surface area contributed by atoms with E-state index in [1.54, 1.807) is 0 Å². The van der Waals surface area contributed by atoms with Crippen molar-refractivity contribution in [1.29, 1.82) is 0 Å².